The topological polar surface area (TPSA) is 45.0 Å². The van der Waals surface area contributed by atoms with E-state index in [1.807, 2.05) is 6.26 Å². The van der Waals surface area contributed by atoms with E-state index in [-0.39, 0.29) is 6.04 Å². The Labute approximate surface area is 78.5 Å². The fraction of sp³-hybridized carbons (Fsp3) is 0.875. The zero-order valence-electron chi connectivity index (χ0n) is 7.67. The molecule has 70 valence electrons. The highest BCUT2D eigenvalue weighted by Crippen LogP contribution is 1.99. The van der Waals surface area contributed by atoms with Gasteiger partial charge in [-0.1, -0.05) is 0 Å². The minimum Gasteiger partial charge on any atom is -0.383 e. The number of ether oxygens (including phenoxy) is 1. The van der Waals surface area contributed by atoms with Crippen LogP contribution in [0.1, 0.15) is 6.42 Å². The fourth-order valence-electron chi connectivity index (χ4n) is 0.783. The summed E-state index contributed by atoms with van der Waals surface area (Å²) in [6.45, 7) is 1.42. The van der Waals surface area contributed by atoms with Crippen LogP contribution in [0.2, 0.25) is 0 Å². The molecule has 0 spiro atoms. The van der Waals surface area contributed by atoms with Gasteiger partial charge in [0, 0.05) is 13.7 Å². The van der Waals surface area contributed by atoms with Crippen LogP contribution in [-0.2, 0) is 4.74 Å². The van der Waals surface area contributed by atoms with Crippen LogP contribution in [-0.4, -0.2) is 38.3 Å². The molecule has 1 atom stereocenters. The second-order valence-electron chi connectivity index (χ2n) is 2.41. The van der Waals surface area contributed by atoms with Gasteiger partial charge >= 0.3 is 0 Å². The first-order valence-corrected chi connectivity index (χ1v) is 5.35. The van der Waals surface area contributed by atoms with E-state index in [1.54, 1.807) is 18.9 Å². The van der Waals surface area contributed by atoms with Gasteiger partial charge < -0.3 is 4.74 Å². The summed E-state index contributed by atoms with van der Waals surface area (Å²) in [5.41, 5.74) is 0. The minimum atomic E-state index is -0.0207. The molecule has 0 saturated carbocycles. The number of nitrogens with one attached hydrogen (secondary N) is 1. The molecule has 12 heavy (non-hydrogen) atoms. The van der Waals surface area contributed by atoms with Crippen LogP contribution in [0.15, 0.2) is 0 Å². The van der Waals surface area contributed by atoms with Crippen molar-refractivity contribution in [3.05, 3.63) is 0 Å². The third kappa shape index (κ3) is 6.47. The minimum absolute atomic E-state index is 0.0207. The molecular formula is C8H16N2OS. The lowest BCUT2D eigenvalue weighted by Gasteiger charge is -2.09. The van der Waals surface area contributed by atoms with Crippen molar-refractivity contribution in [1.29, 1.82) is 5.26 Å². The summed E-state index contributed by atoms with van der Waals surface area (Å²) in [4.78, 5) is 0. The lowest BCUT2D eigenvalue weighted by atomic mass is 10.2. The number of hydrogen-bond acceptors (Lipinski definition) is 4. The molecule has 0 aromatic heterocycles. The predicted molar refractivity (Wildman–Crippen MR) is 52.3 cm³/mol. The SMILES string of the molecule is COCCNC(C#N)CCSC. The van der Waals surface area contributed by atoms with Crippen LogP contribution in [0.25, 0.3) is 0 Å². The number of nitriles is 1. The summed E-state index contributed by atoms with van der Waals surface area (Å²) in [6, 6.07) is 2.20. The van der Waals surface area contributed by atoms with Crippen LogP contribution >= 0.6 is 11.8 Å². The highest BCUT2D eigenvalue weighted by molar-refractivity contribution is 7.98. The first kappa shape index (κ1) is 11.8. The Morgan fingerprint density at radius 2 is 2.42 bits per heavy atom. The van der Waals surface area contributed by atoms with Crippen LogP contribution in [0.4, 0.5) is 0 Å². The molecule has 0 bridgehead atoms. The van der Waals surface area contributed by atoms with Gasteiger partial charge in [-0.3, -0.25) is 5.32 Å². The number of hydrogen-bond donors (Lipinski definition) is 1. The molecule has 0 aliphatic rings. The van der Waals surface area contributed by atoms with Crippen LogP contribution < -0.4 is 5.32 Å². The summed E-state index contributed by atoms with van der Waals surface area (Å²) in [5.74, 6) is 1.03. The van der Waals surface area contributed by atoms with Gasteiger partial charge in [-0.15, -0.1) is 0 Å². The summed E-state index contributed by atoms with van der Waals surface area (Å²) in [7, 11) is 1.66. The Morgan fingerprint density at radius 1 is 1.67 bits per heavy atom. The molecule has 0 aliphatic carbocycles. The van der Waals surface area contributed by atoms with Crippen LogP contribution in [0, 0.1) is 11.3 Å². The molecule has 0 aromatic rings. The van der Waals surface area contributed by atoms with Gasteiger partial charge in [-0.25, -0.2) is 0 Å². The first-order chi connectivity index (χ1) is 5.85. The molecular weight excluding hydrogens is 172 g/mol. The number of thioether (sulfide) groups is 1. The maximum absolute atomic E-state index is 8.69. The lowest BCUT2D eigenvalue weighted by Crippen LogP contribution is -2.31. The molecule has 0 amide bonds. The van der Waals surface area contributed by atoms with Gasteiger partial charge in [0.25, 0.3) is 0 Å². The average molecular weight is 188 g/mol. The molecule has 4 heteroatoms. The second-order valence-corrected chi connectivity index (χ2v) is 3.40. The Kier molecular flexibility index (Phi) is 8.68. The summed E-state index contributed by atoms with van der Waals surface area (Å²) >= 11 is 1.76. The molecule has 3 nitrogen and oxygen atoms in total. The van der Waals surface area contributed by atoms with Gasteiger partial charge in [0.2, 0.25) is 0 Å². The average Bonchev–Trinajstić information content (AvgIpc) is 2.11. The van der Waals surface area contributed by atoms with E-state index in [9.17, 15) is 0 Å². The van der Waals surface area contributed by atoms with Crippen molar-refractivity contribution in [3.63, 3.8) is 0 Å². The van der Waals surface area contributed by atoms with E-state index in [2.05, 4.69) is 11.4 Å². The van der Waals surface area contributed by atoms with E-state index in [4.69, 9.17) is 10.00 Å². The van der Waals surface area contributed by atoms with Crippen molar-refractivity contribution in [2.24, 2.45) is 0 Å². The monoisotopic (exact) mass is 188 g/mol. The number of rotatable bonds is 7. The van der Waals surface area contributed by atoms with Gasteiger partial charge in [0.05, 0.1) is 18.7 Å². The largest absolute Gasteiger partial charge is 0.383 e. The van der Waals surface area contributed by atoms with E-state index in [0.717, 1.165) is 18.7 Å². The molecule has 0 aromatic carbocycles. The zero-order valence-corrected chi connectivity index (χ0v) is 8.49. The smallest absolute Gasteiger partial charge is 0.0961 e. The van der Waals surface area contributed by atoms with Crippen LogP contribution in [0.3, 0.4) is 0 Å². The van der Waals surface area contributed by atoms with Crippen molar-refractivity contribution >= 4 is 11.8 Å². The lowest BCUT2D eigenvalue weighted by molar-refractivity contribution is 0.197. The molecule has 0 fully saturated rings. The fourth-order valence-corrected chi connectivity index (χ4v) is 1.25. The summed E-state index contributed by atoms with van der Waals surface area (Å²) in [5, 5.41) is 11.8. The van der Waals surface area contributed by atoms with Crippen molar-refractivity contribution in [3.8, 4) is 6.07 Å². The Balaban J connectivity index is 3.35. The van der Waals surface area contributed by atoms with Crippen molar-refractivity contribution in [1.82, 2.24) is 5.32 Å². The summed E-state index contributed by atoms with van der Waals surface area (Å²) in [6.07, 6.45) is 2.95. The van der Waals surface area contributed by atoms with Gasteiger partial charge in [-0.05, 0) is 18.4 Å². The van der Waals surface area contributed by atoms with E-state index >= 15 is 0 Å². The van der Waals surface area contributed by atoms with Crippen molar-refractivity contribution in [2.45, 2.75) is 12.5 Å². The highest BCUT2D eigenvalue weighted by Gasteiger charge is 2.03. The molecule has 1 unspecified atom stereocenters. The zero-order chi connectivity index (χ0) is 9.23. The van der Waals surface area contributed by atoms with Crippen molar-refractivity contribution < 1.29 is 4.74 Å². The van der Waals surface area contributed by atoms with Crippen LogP contribution in [0.5, 0.6) is 0 Å². The second kappa shape index (κ2) is 8.85. The Morgan fingerprint density at radius 3 is 2.92 bits per heavy atom. The van der Waals surface area contributed by atoms with Crippen molar-refractivity contribution in [2.75, 3.05) is 32.3 Å². The third-order valence-electron chi connectivity index (χ3n) is 1.46. The normalized spacial score (nSPS) is 12.4. The van der Waals surface area contributed by atoms with E-state index in [0.29, 0.717) is 6.61 Å². The van der Waals surface area contributed by atoms with E-state index in [1.165, 1.54) is 0 Å². The molecule has 0 saturated heterocycles. The number of nitrogens with zero attached hydrogens (tertiary/aromatic N) is 1. The maximum atomic E-state index is 8.69. The molecule has 0 aliphatic heterocycles. The molecule has 1 N–H and O–H groups in total. The highest BCUT2D eigenvalue weighted by atomic mass is 32.2. The standard InChI is InChI=1S/C8H16N2OS/c1-11-5-4-10-8(7-9)3-6-12-2/h8,10H,3-6H2,1-2H3. The van der Waals surface area contributed by atoms with Gasteiger partial charge in [-0.2, -0.15) is 17.0 Å². The summed E-state index contributed by atoms with van der Waals surface area (Å²) < 4.78 is 4.86. The quantitative estimate of drug-likeness (QED) is 0.602. The van der Waals surface area contributed by atoms with Gasteiger partial charge in [0.15, 0.2) is 0 Å². The Hall–Kier alpha value is -0.240. The molecule has 0 heterocycles. The number of methoxy groups -OCH3 is 1. The van der Waals surface area contributed by atoms with E-state index < -0.39 is 0 Å². The first-order valence-electron chi connectivity index (χ1n) is 3.96. The molecule has 0 radical (unpaired) electrons. The molecule has 0 rings (SSSR count). The predicted octanol–water partition coefficient (Wildman–Crippen LogP) is 0.868. The maximum Gasteiger partial charge on any atom is 0.0961 e. The van der Waals surface area contributed by atoms with Gasteiger partial charge in [0.1, 0.15) is 0 Å². The third-order valence-corrected chi connectivity index (χ3v) is 2.11. The Bertz CT molecular complexity index is 136.